The van der Waals surface area contributed by atoms with Crippen LogP contribution in [0.1, 0.15) is 0 Å². The predicted octanol–water partition coefficient (Wildman–Crippen LogP) is 1.72. The molecular weight excluding hydrogens is 214 g/mol. The number of aryl methyl sites for hydroxylation is 1. The van der Waals surface area contributed by atoms with Crippen molar-refractivity contribution in [2.45, 2.75) is 0 Å². The van der Waals surface area contributed by atoms with Crippen LogP contribution in [0.15, 0.2) is 53.6 Å². The van der Waals surface area contributed by atoms with Crippen molar-refractivity contribution < 1.29 is 0 Å². The van der Waals surface area contributed by atoms with Gasteiger partial charge in [-0.1, -0.05) is 18.2 Å². The molecule has 0 saturated heterocycles. The highest BCUT2D eigenvalue weighted by Gasteiger charge is 2.07. The van der Waals surface area contributed by atoms with Gasteiger partial charge in [0.15, 0.2) is 0 Å². The standard InChI is InChI=1S/C13H11N3O/c1-15-8-4-7-12(13(15)17)16-11-6-3-2-5-10(11)9-14-16/h2-9H,1H3. The zero-order chi connectivity index (χ0) is 11.8. The van der Waals surface area contributed by atoms with E-state index in [1.807, 2.05) is 30.3 Å². The molecule has 0 radical (unpaired) electrons. The Balaban J connectivity index is 2.35. The molecule has 4 nitrogen and oxygen atoms in total. The first-order chi connectivity index (χ1) is 8.27. The average Bonchev–Trinajstić information content (AvgIpc) is 2.77. The third kappa shape index (κ3) is 1.45. The highest BCUT2D eigenvalue weighted by Crippen LogP contribution is 2.15. The molecule has 0 spiro atoms. The van der Waals surface area contributed by atoms with E-state index in [1.54, 1.807) is 34.8 Å². The van der Waals surface area contributed by atoms with Gasteiger partial charge in [-0.15, -0.1) is 0 Å². The van der Waals surface area contributed by atoms with Gasteiger partial charge < -0.3 is 4.57 Å². The van der Waals surface area contributed by atoms with Crippen molar-refractivity contribution in [1.29, 1.82) is 0 Å². The molecule has 0 aliphatic carbocycles. The van der Waals surface area contributed by atoms with Gasteiger partial charge in [-0.2, -0.15) is 5.10 Å². The van der Waals surface area contributed by atoms with Crippen molar-refractivity contribution in [3.05, 3.63) is 59.1 Å². The van der Waals surface area contributed by atoms with Crippen LogP contribution >= 0.6 is 0 Å². The molecule has 0 atom stereocenters. The maximum atomic E-state index is 12.0. The quantitative estimate of drug-likeness (QED) is 0.632. The van der Waals surface area contributed by atoms with Crippen LogP contribution in [0.3, 0.4) is 0 Å². The smallest absolute Gasteiger partial charge is 0.276 e. The lowest BCUT2D eigenvalue weighted by Gasteiger charge is -2.04. The summed E-state index contributed by atoms with van der Waals surface area (Å²) in [5.41, 5.74) is 1.45. The summed E-state index contributed by atoms with van der Waals surface area (Å²) in [5, 5.41) is 5.30. The van der Waals surface area contributed by atoms with Crippen molar-refractivity contribution in [3.63, 3.8) is 0 Å². The Morgan fingerprint density at radius 3 is 2.82 bits per heavy atom. The van der Waals surface area contributed by atoms with Crippen LogP contribution in [0, 0.1) is 0 Å². The molecule has 0 fully saturated rings. The lowest BCUT2D eigenvalue weighted by molar-refractivity contribution is 0.812. The summed E-state index contributed by atoms with van der Waals surface area (Å²) in [6.07, 6.45) is 3.50. The number of pyridine rings is 1. The van der Waals surface area contributed by atoms with E-state index in [9.17, 15) is 4.79 Å². The van der Waals surface area contributed by atoms with Crippen molar-refractivity contribution in [1.82, 2.24) is 14.3 Å². The Morgan fingerprint density at radius 2 is 1.94 bits per heavy atom. The number of rotatable bonds is 1. The Hall–Kier alpha value is -2.36. The maximum Gasteiger partial charge on any atom is 0.276 e. The van der Waals surface area contributed by atoms with Gasteiger partial charge in [0.05, 0.1) is 11.7 Å². The van der Waals surface area contributed by atoms with Crippen LogP contribution in [0.25, 0.3) is 16.6 Å². The fourth-order valence-electron chi connectivity index (χ4n) is 1.91. The molecule has 3 aromatic rings. The van der Waals surface area contributed by atoms with Gasteiger partial charge in [0.2, 0.25) is 0 Å². The van der Waals surface area contributed by atoms with Crippen molar-refractivity contribution in [2.24, 2.45) is 7.05 Å². The lowest BCUT2D eigenvalue weighted by Crippen LogP contribution is -2.21. The Kier molecular flexibility index (Phi) is 2.08. The summed E-state index contributed by atoms with van der Waals surface area (Å²) < 4.78 is 3.23. The lowest BCUT2D eigenvalue weighted by atomic mass is 10.2. The average molecular weight is 225 g/mol. The van der Waals surface area contributed by atoms with Crippen LogP contribution in [0.5, 0.6) is 0 Å². The van der Waals surface area contributed by atoms with Gasteiger partial charge in [-0.25, -0.2) is 4.68 Å². The van der Waals surface area contributed by atoms with E-state index in [4.69, 9.17) is 0 Å². The van der Waals surface area contributed by atoms with E-state index < -0.39 is 0 Å². The maximum absolute atomic E-state index is 12.0. The topological polar surface area (TPSA) is 39.8 Å². The molecular formula is C13H11N3O. The summed E-state index contributed by atoms with van der Waals surface area (Å²) in [7, 11) is 1.73. The van der Waals surface area contributed by atoms with Gasteiger partial charge in [0.25, 0.3) is 5.56 Å². The molecule has 2 aromatic heterocycles. The Labute approximate surface area is 97.7 Å². The third-order valence-corrected chi connectivity index (χ3v) is 2.81. The molecule has 0 bridgehead atoms. The largest absolute Gasteiger partial charge is 0.317 e. The van der Waals surface area contributed by atoms with Crippen molar-refractivity contribution in [2.75, 3.05) is 0 Å². The number of benzene rings is 1. The van der Waals surface area contributed by atoms with Crippen LogP contribution < -0.4 is 5.56 Å². The van der Waals surface area contributed by atoms with E-state index >= 15 is 0 Å². The van der Waals surface area contributed by atoms with Gasteiger partial charge in [0, 0.05) is 18.6 Å². The van der Waals surface area contributed by atoms with Crippen LogP contribution in [-0.2, 0) is 7.05 Å². The molecule has 0 unspecified atom stereocenters. The highest BCUT2D eigenvalue weighted by molar-refractivity contribution is 5.79. The second-order valence-corrected chi connectivity index (χ2v) is 3.92. The molecule has 0 aliphatic rings. The minimum Gasteiger partial charge on any atom is -0.317 e. The minimum absolute atomic E-state index is 0.0543. The van der Waals surface area contributed by atoms with Gasteiger partial charge >= 0.3 is 0 Å². The second-order valence-electron chi connectivity index (χ2n) is 3.92. The molecule has 2 heterocycles. The number of fused-ring (bicyclic) bond motifs is 1. The summed E-state index contributed by atoms with van der Waals surface area (Å²) in [6.45, 7) is 0. The predicted molar refractivity (Wildman–Crippen MR) is 66.3 cm³/mol. The molecule has 0 saturated carbocycles. The number of hydrogen-bond acceptors (Lipinski definition) is 2. The van der Waals surface area contributed by atoms with Crippen LogP contribution in [0.4, 0.5) is 0 Å². The zero-order valence-electron chi connectivity index (χ0n) is 9.37. The summed E-state index contributed by atoms with van der Waals surface area (Å²) in [5.74, 6) is 0. The van der Waals surface area contributed by atoms with Crippen LogP contribution in [0.2, 0.25) is 0 Å². The minimum atomic E-state index is -0.0543. The molecule has 0 aliphatic heterocycles. The first-order valence-electron chi connectivity index (χ1n) is 5.36. The molecule has 0 N–H and O–H groups in total. The molecule has 1 aromatic carbocycles. The molecule has 17 heavy (non-hydrogen) atoms. The van der Waals surface area contributed by atoms with Crippen molar-refractivity contribution >= 4 is 10.9 Å². The summed E-state index contributed by atoms with van der Waals surface area (Å²) in [4.78, 5) is 12.0. The fraction of sp³-hybridized carbons (Fsp3) is 0.0769. The monoisotopic (exact) mass is 225 g/mol. The summed E-state index contributed by atoms with van der Waals surface area (Å²) in [6, 6.07) is 11.4. The zero-order valence-corrected chi connectivity index (χ0v) is 9.37. The second kappa shape index (κ2) is 3.59. The number of para-hydroxylation sites is 1. The van der Waals surface area contributed by atoms with Crippen molar-refractivity contribution in [3.8, 4) is 5.69 Å². The molecule has 3 rings (SSSR count). The number of hydrogen-bond donors (Lipinski definition) is 0. The Bertz CT molecular complexity index is 740. The molecule has 84 valence electrons. The van der Waals surface area contributed by atoms with E-state index in [2.05, 4.69) is 5.10 Å². The van der Waals surface area contributed by atoms with E-state index in [1.165, 1.54) is 0 Å². The Morgan fingerprint density at radius 1 is 1.12 bits per heavy atom. The first kappa shape index (κ1) is 9.84. The molecule has 4 heteroatoms. The van der Waals surface area contributed by atoms with Gasteiger partial charge in [0.1, 0.15) is 5.69 Å². The van der Waals surface area contributed by atoms with Gasteiger partial charge in [-0.3, -0.25) is 4.79 Å². The van der Waals surface area contributed by atoms with Gasteiger partial charge in [-0.05, 0) is 18.2 Å². The number of nitrogens with zero attached hydrogens (tertiary/aromatic N) is 3. The highest BCUT2D eigenvalue weighted by atomic mass is 16.1. The van der Waals surface area contributed by atoms with E-state index in [-0.39, 0.29) is 5.56 Å². The third-order valence-electron chi connectivity index (χ3n) is 2.81. The van der Waals surface area contributed by atoms with E-state index in [0.29, 0.717) is 5.69 Å². The molecule has 0 amide bonds. The normalized spacial score (nSPS) is 10.9. The van der Waals surface area contributed by atoms with E-state index in [0.717, 1.165) is 10.9 Å². The summed E-state index contributed by atoms with van der Waals surface area (Å²) >= 11 is 0. The number of aromatic nitrogens is 3. The SMILES string of the molecule is Cn1cccc(-n2ncc3ccccc32)c1=O. The first-order valence-corrected chi connectivity index (χ1v) is 5.36. The van der Waals surface area contributed by atoms with Crippen LogP contribution in [-0.4, -0.2) is 14.3 Å². The fourth-order valence-corrected chi connectivity index (χ4v) is 1.91.